The molecule has 4 heteroatoms. The molecule has 4 nitrogen and oxygen atoms in total. The number of anilines is 1. The lowest BCUT2D eigenvalue weighted by Gasteiger charge is -2.10. The number of nitrogens with zero attached hydrogens (tertiary/aromatic N) is 1. The van der Waals surface area contributed by atoms with Gasteiger partial charge in [-0.25, -0.2) is 0 Å². The number of aliphatic hydroxyl groups is 1. The number of nitrogens with one attached hydrogen (secondary N) is 1. The van der Waals surface area contributed by atoms with Gasteiger partial charge >= 0.3 is 0 Å². The highest BCUT2D eigenvalue weighted by Gasteiger charge is 2.05. The van der Waals surface area contributed by atoms with E-state index in [4.69, 9.17) is 0 Å². The summed E-state index contributed by atoms with van der Waals surface area (Å²) in [5.74, 6) is 0.257. The van der Waals surface area contributed by atoms with Crippen LogP contribution in [0.25, 0.3) is 11.1 Å². The zero-order valence-corrected chi connectivity index (χ0v) is 12.6. The molecule has 0 amide bonds. The molecule has 0 bridgehead atoms. The SMILES string of the molecule is OCc1ccccc1-c1cncc(NCc2cccc(O)c2)c1. The molecule has 0 aliphatic carbocycles. The smallest absolute Gasteiger partial charge is 0.115 e. The Hall–Kier alpha value is -2.85. The predicted molar refractivity (Wildman–Crippen MR) is 91.0 cm³/mol. The molecule has 2 aromatic carbocycles. The summed E-state index contributed by atoms with van der Waals surface area (Å²) in [5, 5.41) is 22.3. The third-order valence-electron chi connectivity index (χ3n) is 3.64. The van der Waals surface area contributed by atoms with Gasteiger partial charge in [0, 0.05) is 24.5 Å². The molecule has 0 aliphatic rings. The maximum absolute atomic E-state index is 9.50. The molecule has 0 atom stereocenters. The third-order valence-corrected chi connectivity index (χ3v) is 3.64. The zero-order chi connectivity index (χ0) is 16.1. The van der Waals surface area contributed by atoms with Crippen LogP contribution < -0.4 is 5.32 Å². The first-order valence-corrected chi connectivity index (χ1v) is 7.42. The first-order valence-electron chi connectivity index (χ1n) is 7.42. The molecule has 0 aliphatic heterocycles. The van der Waals surface area contributed by atoms with Crippen molar-refractivity contribution in [2.24, 2.45) is 0 Å². The van der Waals surface area contributed by atoms with E-state index in [9.17, 15) is 10.2 Å². The van der Waals surface area contributed by atoms with Crippen molar-refractivity contribution in [2.45, 2.75) is 13.2 Å². The van der Waals surface area contributed by atoms with Crippen LogP contribution in [0, 0.1) is 0 Å². The van der Waals surface area contributed by atoms with E-state index >= 15 is 0 Å². The molecule has 0 spiro atoms. The van der Waals surface area contributed by atoms with E-state index in [-0.39, 0.29) is 12.4 Å². The Bertz CT molecular complexity index is 803. The Morgan fingerprint density at radius 1 is 0.957 bits per heavy atom. The number of rotatable bonds is 5. The summed E-state index contributed by atoms with van der Waals surface area (Å²) in [6, 6.07) is 16.9. The third kappa shape index (κ3) is 3.67. The number of pyridine rings is 1. The summed E-state index contributed by atoms with van der Waals surface area (Å²) in [7, 11) is 0. The number of phenols is 1. The molecule has 116 valence electrons. The number of hydrogen-bond donors (Lipinski definition) is 3. The van der Waals surface area contributed by atoms with Gasteiger partial charge < -0.3 is 15.5 Å². The minimum absolute atomic E-state index is 0.00286. The van der Waals surface area contributed by atoms with Crippen LogP contribution in [0.1, 0.15) is 11.1 Å². The Morgan fingerprint density at radius 3 is 2.65 bits per heavy atom. The number of hydrogen-bond acceptors (Lipinski definition) is 4. The molecule has 3 aromatic rings. The summed E-state index contributed by atoms with van der Waals surface area (Å²) in [6.45, 7) is 0.596. The van der Waals surface area contributed by atoms with Gasteiger partial charge in [0.1, 0.15) is 5.75 Å². The van der Waals surface area contributed by atoms with Crippen molar-refractivity contribution in [3.05, 3.63) is 78.1 Å². The fourth-order valence-corrected chi connectivity index (χ4v) is 2.49. The summed E-state index contributed by atoms with van der Waals surface area (Å²) in [5.41, 5.74) is 4.68. The van der Waals surface area contributed by atoms with Crippen molar-refractivity contribution in [1.29, 1.82) is 0 Å². The van der Waals surface area contributed by atoms with Crippen molar-refractivity contribution in [2.75, 3.05) is 5.32 Å². The van der Waals surface area contributed by atoms with E-state index in [1.807, 2.05) is 42.5 Å². The van der Waals surface area contributed by atoms with Gasteiger partial charge in [0.05, 0.1) is 12.3 Å². The van der Waals surface area contributed by atoms with Crippen LogP contribution in [0.5, 0.6) is 5.75 Å². The van der Waals surface area contributed by atoms with Crippen molar-refractivity contribution in [1.82, 2.24) is 4.98 Å². The highest BCUT2D eigenvalue weighted by Crippen LogP contribution is 2.25. The topological polar surface area (TPSA) is 65.4 Å². The van der Waals surface area contributed by atoms with Crippen molar-refractivity contribution >= 4 is 5.69 Å². The van der Waals surface area contributed by atoms with Gasteiger partial charge in [-0.2, -0.15) is 0 Å². The molecule has 1 aromatic heterocycles. The molecule has 0 radical (unpaired) electrons. The molecule has 3 rings (SSSR count). The number of aliphatic hydroxyl groups excluding tert-OH is 1. The average Bonchev–Trinajstić information content (AvgIpc) is 2.60. The lowest BCUT2D eigenvalue weighted by Crippen LogP contribution is -2.00. The number of phenolic OH excluding ortho intramolecular Hbond substituents is 1. The average molecular weight is 306 g/mol. The van der Waals surface area contributed by atoms with Crippen LogP contribution in [0.2, 0.25) is 0 Å². The van der Waals surface area contributed by atoms with Gasteiger partial charge in [-0.1, -0.05) is 36.4 Å². The van der Waals surface area contributed by atoms with Gasteiger partial charge in [-0.3, -0.25) is 4.98 Å². The largest absolute Gasteiger partial charge is 0.508 e. The summed E-state index contributed by atoms with van der Waals surface area (Å²) >= 11 is 0. The lowest BCUT2D eigenvalue weighted by atomic mass is 10.0. The van der Waals surface area contributed by atoms with Crippen molar-refractivity contribution in [3.8, 4) is 16.9 Å². The highest BCUT2D eigenvalue weighted by molar-refractivity contribution is 5.69. The standard InChI is InChI=1S/C19H18N2O2/c22-13-15-5-1-2-7-19(15)16-9-17(12-20-11-16)21-10-14-4-3-6-18(23)8-14/h1-9,11-12,21-23H,10,13H2. The second kappa shape index (κ2) is 6.94. The maximum Gasteiger partial charge on any atom is 0.115 e. The molecular formula is C19H18N2O2. The fraction of sp³-hybridized carbons (Fsp3) is 0.105. The summed E-state index contributed by atoms with van der Waals surface area (Å²) in [4.78, 5) is 4.27. The number of benzene rings is 2. The monoisotopic (exact) mass is 306 g/mol. The van der Waals surface area contributed by atoms with Crippen LogP contribution in [-0.2, 0) is 13.2 Å². The first kappa shape index (κ1) is 15.1. The molecule has 0 saturated carbocycles. The molecule has 23 heavy (non-hydrogen) atoms. The van der Waals surface area contributed by atoms with Crippen LogP contribution >= 0.6 is 0 Å². The molecule has 0 unspecified atom stereocenters. The summed E-state index contributed by atoms with van der Waals surface area (Å²) in [6.07, 6.45) is 3.54. The fourth-order valence-electron chi connectivity index (χ4n) is 2.49. The Labute approximate surface area is 135 Å². The van der Waals surface area contributed by atoms with E-state index < -0.39 is 0 Å². The van der Waals surface area contributed by atoms with Crippen LogP contribution in [0.3, 0.4) is 0 Å². The van der Waals surface area contributed by atoms with E-state index in [1.54, 1.807) is 24.5 Å². The van der Waals surface area contributed by atoms with E-state index in [0.29, 0.717) is 6.54 Å². The number of aromatic nitrogens is 1. The minimum Gasteiger partial charge on any atom is -0.508 e. The Balaban J connectivity index is 1.80. The molecular weight excluding hydrogens is 288 g/mol. The van der Waals surface area contributed by atoms with E-state index in [1.165, 1.54) is 0 Å². The normalized spacial score (nSPS) is 10.5. The predicted octanol–water partition coefficient (Wildman–Crippen LogP) is 3.56. The van der Waals surface area contributed by atoms with Crippen molar-refractivity contribution < 1.29 is 10.2 Å². The quantitative estimate of drug-likeness (QED) is 0.674. The highest BCUT2D eigenvalue weighted by atomic mass is 16.3. The van der Waals surface area contributed by atoms with Gasteiger partial charge in [0.15, 0.2) is 0 Å². The van der Waals surface area contributed by atoms with E-state index in [2.05, 4.69) is 10.3 Å². The Kier molecular flexibility index (Phi) is 4.54. The maximum atomic E-state index is 9.50. The van der Waals surface area contributed by atoms with Crippen LogP contribution in [0.4, 0.5) is 5.69 Å². The molecule has 1 heterocycles. The number of aromatic hydroxyl groups is 1. The zero-order valence-electron chi connectivity index (χ0n) is 12.6. The van der Waals surface area contributed by atoms with Crippen LogP contribution in [0.15, 0.2) is 67.0 Å². The van der Waals surface area contributed by atoms with Crippen LogP contribution in [-0.4, -0.2) is 15.2 Å². The molecule has 0 fully saturated rings. The van der Waals surface area contributed by atoms with E-state index in [0.717, 1.165) is 27.9 Å². The van der Waals surface area contributed by atoms with Gasteiger partial charge in [0.2, 0.25) is 0 Å². The second-order valence-electron chi connectivity index (χ2n) is 5.30. The Morgan fingerprint density at radius 2 is 1.83 bits per heavy atom. The van der Waals surface area contributed by atoms with Gasteiger partial charge in [0.25, 0.3) is 0 Å². The lowest BCUT2D eigenvalue weighted by molar-refractivity contribution is 0.282. The molecule has 3 N–H and O–H groups in total. The summed E-state index contributed by atoms with van der Waals surface area (Å²) < 4.78 is 0. The van der Waals surface area contributed by atoms with Gasteiger partial charge in [-0.15, -0.1) is 0 Å². The van der Waals surface area contributed by atoms with Crippen molar-refractivity contribution in [3.63, 3.8) is 0 Å². The van der Waals surface area contributed by atoms with Gasteiger partial charge in [-0.05, 0) is 34.9 Å². The second-order valence-corrected chi connectivity index (χ2v) is 5.30. The first-order chi connectivity index (χ1) is 11.3. The molecule has 0 saturated heterocycles. The minimum atomic E-state index is -0.00286.